The standard InChI is InChI=1S/C17H12Cl3N5O2/c1-9-2-3-10(18)6-13(9)23-16-15(25(26)27)17(22-8-21-16)24-14-7-11(19)4-5-12(14)20/h2-8H,1H3,(H2,21,22,23,24). The Morgan fingerprint density at radius 3 is 2.11 bits per heavy atom. The molecule has 0 amide bonds. The number of hydrogen-bond acceptors (Lipinski definition) is 6. The molecule has 0 aliphatic carbocycles. The van der Waals surface area contributed by atoms with Crippen LogP contribution in [0, 0.1) is 17.0 Å². The Bertz CT molecular complexity index is 958. The second-order valence-electron chi connectivity index (χ2n) is 5.51. The average molecular weight is 425 g/mol. The van der Waals surface area contributed by atoms with Crippen LogP contribution in [0.4, 0.5) is 28.7 Å². The van der Waals surface area contributed by atoms with E-state index in [9.17, 15) is 10.1 Å². The van der Waals surface area contributed by atoms with Crippen molar-refractivity contribution < 1.29 is 4.92 Å². The molecule has 138 valence electrons. The summed E-state index contributed by atoms with van der Waals surface area (Å²) in [4.78, 5) is 19.1. The Kier molecular flexibility index (Phi) is 5.65. The predicted molar refractivity (Wildman–Crippen MR) is 108 cm³/mol. The number of benzene rings is 2. The molecular weight excluding hydrogens is 413 g/mol. The van der Waals surface area contributed by atoms with Gasteiger partial charge in [0.25, 0.3) is 0 Å². The fourth-order valence-electron chi connectivity index (χ4n) is 2.31. The molecule has 0 aliphatic rings. The third-order valence-corrected chi connectivity index (χ3v) is 4.44. The maximum atomic E-state index is 11.7. The summed E-state index contributed by atoms with van der Waals surface area (Å²) in [6, 6.07) is 9.91. The zero-order chi connectivity index (χ0) is 19.6. The molecule has 0 saturated carbocycles. The zero-order valence-electron chi connectivity index (χ0n) is 13.8. The lowest BCUT2D eigenvalue weighted by Crippen LogP contribution is -2.06. The van der Waals surface area contributed by atoms with E-state index in [2.05, 4.69) is 20.6 Å². The van der Waals surface area contributed by atoms with E-state index in [4.69, 9.17) is 34.8 Å². The van der Waals surface area contributed by atoms with Gasteiger partial charge in [0.2, 0.25) is 11.6 Å². The van der Waals surface area contributed by atoms with Crippen LogP contribution in [0.3, 0.4) is 0 Å². The van der Waals surface area contributed by atoms with Gasteiger partial charge in [-0.2, -0.15) is 0 Å². The second-order valence-corrected chi connectivity index (χ2v) is 6.79. The first-order valence-corrected chi connectivity index (χ1v) is 8.73. The van der Waals surface area contributed by atoms with Crippen LogP contribution in [0.25, 0.3) is 0 Å². The van der Waals surface area contributed by atoms with E-state index in [1.165, 1.54) is 6.33 Å². The SMILES string of the molecule is Cc1ccc(Cl)cc1Nc1ncnc(Nc2cc(Cl)ccc2Cl)c1[N+](=O)[O-]. The summed E-state index contributed by atoms with van der Waals surface area (Å²) in [6.07, 6.45) is 1.20. The third kappa shape index (κ3) is 4.39. The Labute approximate surface area is 169 Å². The van der Waals surface area contributed by atoms with Crippen LogP contribution in [0.1, 0.15) is 5.56 Å². The van der Waals surface area contributed by atoms with Crippen molar-refractivity contribution in [2.24, 2.45) is 0 Å². The first-order chi connectivity index (χ1) is 12.8. The number of rotatable bonds is 5. The van der Waals surface area contributed by atoms with Crippen molar-refractivity contribution in [3.63, 3.8) is 0 Å². The van der Waals surface area contributed by atoms with Crippen LogP contribution in [0.2, 0.25) is 15.1 Å². The number of halogens is 3. The quantitative estimate of drug-likeness (QED) is 0.377. The summed E-state index contributed by atoms with van der Waals surface area (Å²) in [5.41, 5.74) is 1.49. The molecule has 0 atom stereocenters. The molecule has 2 aromatic carbocycles. The van der Waals surface area contributed by atoms with Gasteiger partial charge in [0.05, 0.1) is 15.6 Å². The lowest BCUT2D eigenvalue weighted by atomic mass is 10.2. The van der Waals surface area contributed by atoms with E-state index in [1.807, 2.05) is 6.92 Å². The highest BCUT2D eigenvalue weighted by atomic mass is 35.5. The number of nitro groups is 1. The van der Waals surface area contributed by atoms with E-state index in [-0.39, 0.29) is 17.3 Å². The van der Waals surface area contributed by atoms with Gasteiger partial charge in [-0.05, 0) is 42.8 Å². The summed E-state index contributed by atoms with van der Waals surface area (Å²) in [5.74, 6) is -0.0117. The van der Waals surface area contributed by atoms with Crippen LogP contribution in [-0.2, 0) is 0 Å². The molecule has 0 fully saturated rings. The number of nitrogens with zero attached hydrogens (tertiary/aromatic N) is 3. The summed E-state index contributed by atoms with van der Waals surface area (Å²) < 4.78 is 0. The number of aryl methyl sites for hydroxylation is 1. The molecular formula is C17H12Cl3N5O2. The van der Waals surface area contributed by atoms with E-state index in [0.717, 1.165) is 5.56 Å². The van der Waals surface area contributed by atoms with Crippen molar-refractivity contribution >= 4 is 63.5 Å². The molecule has 10 heteroatoms. The van der Waals surface area contributed by atoms with E-state index in [0.29, 0.717) is 26.4 Å². The average Bonchev–Trinajstić information content (AvgIpc) is 2.61. The lowest BCUT2D eigenvalue weighted by molar-refractivity contribution is -0.383. The van der Waals surface area contributed by atoms with Crippen molar-refractivity contribution in [3.05, 3.63) is 73.5 Å². The monoisotopic (exact) mass is 423 g/mol. The topological polar surface area (TPSA) is 93.0 Å². The zero-order valence-corrected chi connectivity index (χ0v) is 16.1. The maximum Gasteiger partial charge on any atom is 0.353 e. The Morgan fingerprint density at radius 1 is 0.926 bits per heavy atom. The van der Waals surface area contributed by atoms with Crippen molar-refractivity contribution in [2.45, 2.75) is 6.92 Å². The van der Waals surface area contributed by atoms with E-state index >= 15 is 0 Å². The molecule has 0 aliphatic heterocycles. The highest BCUT2D eigenvalue weighted by Gasteiger charge is 2.24. The number of hydrogen-bond donors (Lipinski definition) is 2. The molecule has 0 bridgehead atoms. The number of aromatic nitrogens is 2. The fourth-order valence-corrected chi connectivity index (χ4v) is 2.82. The van der Waals surface area contributed by atoms with Gasteiger partial charge in [-0.15, -0.1) is 0 Å². The largest absolute Gasteiger partial charge is 0.353 e. The minimum Gasteiger partial charge on any atom is -0.334 e. The second kappa shape index (κ2) is 7.96. The highest BCUT2D eigenvalue weighted by Crippen LogP contribution is 2.36. The van der Waals surface area contributed by atoms with Crippen LogP contribution in [-0.4, -0.2) is 14.9 Å². The molecule has 3 rings (SSSR count). The van der Waals surface area contributed by atoms with Gasteiger partial charge >= 0.3 is 5.69 Å². The van der Waals surface area contributed by atoms with Gasteiger partial charge in [-0.25, -0.2) is 9.97 Å². The molecule has 7 nitrogen and oxygen atoms in total. The molecule has 0 unspecified atom stereocenters. The minimum absolute atomic E-state index is 0.0148. The summed E-state index contributed by atoms with van der Waals surface area (Å²) in [7, 11) is 0. The fraction of sp³-hybridized carbons (Fsp3) is 0.0588. The first-order valence-electron chi connectivity index (χ1n) is 7.60. The third-order valence-electron chi connectivity index (χ3n) is 3.64. The van der Waals surface area contributed by atoms with Gasteiger partial charge in [0.15, 0.2) is 0 Å². The maximum absolute atomic E-state index is 11.7. The lowest BCUT2D eigenvalue weighted by Gasteiger charge is -2.12. The van der Waals surface area contributed by atoms with Gasteiger partial charge < -0.3 is 10.6 Å². The molecule has 2 N–H and O–H groups in total. The molecule has 0 radical (unpaired) electrons. The summed E-state index contributed by atoms with van der Waals surface area (Å²) in [6.45, 7) is 1.84. The van der Waals surface area contributed by atoms with Crippen LogP contribution >= 0.6 is 34.8 Å². The molecule has 0 spiro atoms. The van der Waals surface area contributed by atoms with Gasteiger partial charge in [-0.1, -0.05) is 40.9 Å². The van der Waals surface area contributed by atoms with Crippen LogP contribution in [0.15, 0.2) is 42.7 Å². The first kappa shape index (κ1) is 19.2. The highest BCUT2D eigenvalue weighted by molar-refractivity contribution is 6.35. The molecule has 1 heterocycles. The molecule has 0 saturated heterocycles. The smallest absolute Gasteiger partial charge is 0.334 e. The van der Waals surface area contributed by atoms with E-state index in [1.54, 1.807) is 36.4 Å². The molecule has 1 aromatic heterocycles. The Hall–Kier alpha value is -2.61. The van der Waals surface area contributed by atoms with Crippen LogP contribution in [0.5, 0.6) is 0 Å². The predicted octanol–water partition coefficient (Wildman–Crippen LogP) is 6.14. The Morgan fingerprint density at radius 2 is 1.48 bits per heavy atom. The van der Waals surface area contributed by atoms with Gasteiger partial charge in [-0.3, -0.25) is 10.1 Å². The van der Waals surface area contributed by atoms with Gasteiger partial charge in [0.1, 0.15) is 6.33 Å². The number of anilines is 4. The number of nitrogens with one attached hydrogen (secondary N) is 2. The van der Waals surface area contributed by atoms with Crippen molar-refractivity contribution in [3.8, 4) is 0 Å². The summed E-state index contributed by atoms with van der Waals surface area (Å²) >= 11 is 18.1. The van der Waals surface area contributed by atoms with E-state index < -0.39 is 4.92 Å². The minimum atomic E-state index is -0.580. The van der Waals surface area contributed by atoms with Crippen LogP contribution < -0.4 is 10.6 Å². The van der Waals surface area contributed by atoms with Gasteiger partial charge in [0, 0.05) is 15.7 Å². The molecule has 27 heavy (non-hydrogen) atoms. The van der Waals surface area contributed by atoms with Crippen molar-refractivity contribution in [1.82, 2.24) is 9.97 Å². The van der Waals surface area contributed by atoms with Crippen molar-refractivity contribution in [2.75, 3.05) is 10.6 Å². The molecule has 3 aromatic rings. The summed E-state index contributed by atoms with van der Waals surface area (Å²) in [5, 5.41) is 18.7. The normalized spacial score (nSPS) is 10.5. The Balaban J connectivity index is 2.04. The van der Waals surface area contributed by atoms with Crippen molar-refractivity contribution in [1.29, 1.82) is 0 Å².